The number of ether oxygens (including phenoxy) is 1. The number of aliphatic hydroxyl groups excluding tert-OH is 1. The predicted octanol–water partition coefficient (Wildman–Crippen LogP) is 5.95. The van der Waals surface area contributed by atoms with Gasteiger partial charge in [-0.3, -0.25) is 9.78 Å². The van der Waals surface area contributed by atoms with Gasteiger partial charge >= 0.3 is 0 Å². The quantitative estimate of drug-likeness (QED) is 0.275. The van der Waals surface area contributed by atoms with Crippen LogP contribution < -0.4 is 10.6 Å². The highest BCUT2D eigenvalue weighted by Crippen LogP contribution is 2.52. The number of hydrogen-bond donors (Lipinski definition) is 2. The molecule has 3 aliphatic heterocycles. The number of halogens is 3. The van der Waals surface area contributed by atoms with Crippen LogP contribution in [0.15, 0.2) is 54.9 Å². The summed E-state index contributed by atoms with van der Waals surface area (Å²) >= 11 is 6.46. The number of piperazine rings is 1. The summed E-state index contributed by atoms with van der Waals surface area (Å²) in [5, 5.41) is 12.2. The minimum atomic E-state index is -1.47. The maximum atomic E-state index is 17.2. The minimum Gasteiger partial charge on any atom is -0.489 e. The molecule has 3 aliphatic rings. The van der Waals surface area contributed by atoms with Gasteiger partial charge in [0.25, 0.3) is 0 Å². The number of pyridine rings is 1. The first kappa shape index (κ1) is 29.9. The molecule has 8 nitrogen and oxygen atoms in total. The number of aryl methyl sites for hydroxylation is 1. The molecule has 44 heavy (non-hydrogen) atoms. The average molecular weight is 622 g/mol. The summed E-state index contributed by atoms with van der Waals surface area (Å²) in [6.07, 6.45) is 1.47. The smallest absolute Gasteiger partial charge is 0.246 e. The summed E-state index contributed by atoms with van der Waals surface area (Å²) in [6.45, 7) is 12.1. The SMILES string of the molecule is C=CC(=O)N1CC2COC3=C(c4cc(F)c(-c5cc(N)ccc5Cl)c(F)c4N(c4c(C)ccnc4C(C)C)C3O)N2CC1C. The zero-order chi connectivity index (χ0) is 31.6. The van der Waals surface area contributed by atoms with Crippen molar-refractivity contribution < 1.29 is 23.4 Å². The van der Waals surface area contributed by atoms with Gasteiger partial charge in [0.15, 0.2) is 17.8 Å². The molecule has 0 radical (unpaired) electrons. The van der Waals surface area contributed by atoms with Crippen LogP contribution >= 0.6 is 11.6 Å². The van der Waals surface area contributed by atoms with E-state index >= 15 is 8.78 Å². The number of hydrogen-bond acceptors (Lipinski definition) is 7. The van der Waals surface area contributed by atoms with E-state index in [2.05, 4.69) is 11.6 Å². The number of anilines is 3. The van der Waals surface area contributed by atoms with Crippen molar-refractivity contribution in [3.05, 3.63) is 88.4 Å². The van der Waals surface area contributed by atoms with E-state index in [0.29, 0.717) is 30.2 Å². The van der Waals surface area contributed by atoms with E-state index in [1.54, 1.807) is 23.2 Å². The van der Waals surface area contributed by atoms with Crippen LogP contribution in [0.3, 0.4) is 0 Å². The van der Waals surface area contributed by atoms with Gasteiger partial charge < -0.3 is 30.3 Å². The van der Waals surface area contributed by atoms with E-state index in [-0.39, 0.29) is 69.4 Å². The average Bonchev–Trinajstić information content (AvgIpc) is 2.98. The Morgan fingerprint density at radius 3 is 2.66 bits per heavy atom. The maximum absolute atomic E-state index is 17.2. The molecule has 3 atom stereocenters. The summed E-state index contributed by atoms with van der Waals surface area (Å²) in [6, 6.07) is 6.96. The summed E-state index contributed by atoms with van der Waals surface area (Å²) in [4.78, 5) is 22.3. The molecular weight excluding hydrogens is 588 g/mol. The van der Waals surface area contributed by atoms with Crippen molar-refractivity contribution in [2.45, 2.75) is 51.9 Å². The van der Waals surface area contributed by atoms with Crippen LogP contribution in [0.1, 0.15) is 43.5 Å². The number of nitrogens with zero attached hydrogens (tertiary/aromatic N) is 4. The summed E-state index contributed by atoms with van der Waals surface area (Å²) in [5.41, 5.74) is 8.45. The fourth-order valence-electron chi connectivity index (χ4n) is 6.55. The highest BCUT2D eigenvalue weighted by molar-refractivity contribution is 6.33. The third kappa shape index (κ3) is 4.59. The molecule has 11 heteroatoms. The molecule has 1 fully saturated rings. The van der Waals surface area contributed by atoms with Gasteiger partial charge in [0.05, 0.1) is 34.4 Å². The zero-order valence-electron chi connectivity index (χ0n) is 24.9. The molecule has 2 aromatic carbocycles. The van der Waals surface area contributed by atoms with E-state index < -0.39 is 17.9 Å². The van der Waals surface area contributed by atoms with Gasteiger partial charge in [-0.2, -0.15) is 0 Å². The van der Waals surface area contributed by atoms with Crippen LogP contribution in [-0.4, -0.2) is 63.8 Å². The lowest BCUT2D eigenvalue weighted by Crippen LogP contribution is -2.61. The predicted molar refractivity (Wildman–Crippen MR) is 167 cm³/mol. The number of nitrogen functional groups attached to an aromatic ring is 1. The van der Waals surface area contributed by atoms with Crippen molar-refractivity contribution in [1.29, 1.82) is 0 Å². The highest BCUT2D eigenvalue weighted by atomic mass is 35.5. The number of benzene rings is 2. The molecule has 1 amide bonds. The number of rotatable bonds is 4. The Balaban J connectivity index is 1.63. The second kappa shape index (κ2) is 11.1. The number of aliphatic hydroxyl groups is 1. The van der Waals surface area contributed by atoms with Crippen LogP contribution in [0.25, 0.3) is 16.8 Å². The second-order valence-corrected chi connectivity index (χ2v) is 12.2. The van der Waals surface area contributed by atoms with E-state index in [1.165, 1.54) is 29.2 Å². The third-order valence-corrected chi connectivity index (χ3v) is 8.95. The monoisotopic (exact) mass is 621 g/mol. The first-order valence-corrected chi connectivity index (χ1v) is 14.9. The zero-order valence-corrected chi connectivity index (χ0v) is 25.7. The number of amides is 1. The van der Waals surface area contributed by atoms with Crippen molar-refractivity contribution >= 4 is 40.3 Å². The summed E-state index contributed by atoms with van der Waals surface area (Å²) in [7, 11) is 0. The molecule has 3 aromatic rings. The standard InChI is InChI=1S/C33H34ClF2N5O3/c1-6-25(42)39-14-20-15-44-32-31(40(20)13-18(39)5)22-12-24(35)26(21-11-19(37)7-8-23(21)34)27(36)30(22)41(33(32)43)29-17(4)9-10-38-28(29)16(2)3/h6-12,16,18,20,33,43H,1,13-15,37H2,2-5H3. The number of carbonyl (C=O) groups is 1. The molecule has 6 rings (SSSR count). The highest BCUT2D eigenvalue weighted by Gasteiger charge is 2.47. The van der Waals surface area contributed by atoms with Gasteiger partial charge in [-0.25, -0.2) is 8.78 Å². The van der Waals surface area contributed by atoms with Crippen molar-refractivity contribution in [3.63, 3.8) is 0 Å². The van der Waals surface area contributed by atoms with Gasteiger partial charge in [0, 0.05) is 47.2 Å². The van der Waals surface area contributed by atoms with Crippen LogP contribution in [-0.2, 0) is 9.53 Å². The van der Waals surface area contributed by atoms with Crippen molar-refractivity contribution in [2.75, 3.05) is 30.3 Å². The molecule has 0 bridgehead atoms. The van der Waals surface area contributed by atoms with Crippen LogP contribution in [0.5, 0.6) is 0 Å². The first-order chi connectivity index (χ1) is 20.9. The van der Waals surface area contributed by atoms with Crippen molar-refractivity contribution in [2.24, 2.45) is 0 Å². The maximum Gasteiger partial charge on any atom is 0.246 e. The Kier molecular flexibility index (Phi) is 7.53. The molecule has 1 aromatic heterocycles. The summed E-state index contributed by atoms with van der Waals surface area (Å²) in [5.74, 6) is -1.88. The minimum absolute atomic E-state index is 0.0364. The Hall–Kier alpha value is -4.15. The van der Waals surface area contributed by atoms with Crippen LogP contribution in [0, 0.1) is 18.6 Å². The molecule has 0 spiro atoms. The largest absolute Gasteiger partial charge is 0.489 e. The number of aromatic nitrogens is 1. The number of carbonyl (C=O) groups excluding carboxylic acids is 1. The Morgan fingerprint density at radius 2 is 1.95 bits per heavy atom. The van der Waals surface area contributed by atoms with E-state index in [9.17, 15) is 9.90 Å². The fraction of sp³-hybridized carbons (Fsp3) is 0.333. The molecule has 230 valence electrons. The van der Waals surface area contributed by atoms with E-state index in [0.717, 1.165) is 5.56 Å². The lowest BCUT2D eigenvalue weighted by atomic mass is 9.90. The normalized spacial score (nSPS) is 21.1. The number of nitrogens with two attached hydrogens (primary N) is 1. The topological polar surface area (TPSA) is 95.2 Å². The molecule has 3 unspecified atom stereocenters. The molecule has 0 aliphatic carbocycles. The number of fused-ring (bicyclic) bond motifs is 4. The van der Waals surface area contributed by atoms with Gasteiger partial charge in [-0.05, 0) is 61.7 Å². The lowest BCUT2D eigenvalue weighted by molar-refractivity contribution is -0.132. The van der Waals surface area contributed by atoms with Crippen LogP contribution in [0.2, 0.25) is 5.02 Å². The molecule has 4 heterocycles. The van der Waals surface area contributed by atoms with Gasteiger partial charge in [0.1, 0.15) is 12.4 Å². The van der Waals surface area contributed by atoms with Crippen molar-refractivity contribution in [3.8, 4) is 11.1 Å². The van der Waals surface area contributed by atoms with E-state index in [1.807, 2.05) is 32.6 Å². The molecular formula is C33H34ClF2N5O3. The van der Waals surface area contributed by atoms with Gasteiger partial charge in [-0.15, -0.1) is 0 Å². The van der Waals surface area contributed by atoms with Crippen molar-refractivity contribution in [1.82, 2.24) is 14.8 Å². The first-order valence-electron chi connectivity index (χ1n) is 14.5. The van der Waals surface area contributed by atoms with Gasteiger partial charge in [0.2, 0.25) is 5.91 Å². The fourth-order valence-corrected chi connectivity index (χ4v) is 6.76. The lowest BCUT2D eigenvalue weighted by Gasteiger charge is -2.52. The second-order valence-electron chi connectivity index (χ2n) is 11.8. The third-order valence-electron chi connectivity index (χ3n) is 8.62. The van der Waals surface area contributed by atoms with Crippen LogP contribution in [0.4, 0.5) is 25.8 Å². The summed E-state index contributed by atoms with van der Waals surface area (Å²) < 4.78 is 39.7. The molecule has 3 N–H and O–H groups in total. The Labute approximate surface area is 260 Å². The molecule has 1 saturated heterocycles. The van der Waals surface area contributed by atoms with Gasteiger partial charge in [-0.1, -0.05) is 32.0 Å². The van der Waals surface area contributed by atoms with E-state index in [4.69, 9.17) is 22.1 Å². The Morgan fingerprint density at radius 1 is 1.20 bits per heavy atom. The Bertz CT molecular complexity index is 1730. The molecule has 0 saturated carbocycles.